The number of hydrogen-bond donors (Lipinski definition) is 2. The number of amides is 3. The Hall–Kier alpha value is -2.37. The topological polar surface area (TPSA) is 78.5 Å². The summed E-state index contributed by atoms with van der Waals surface area (Å²) in [4.78, 5) is 38.1. The number of piperidine rings is 1. The van der Waals surface area contributed by atoms with Gasteiger partial charge in [-0.2, -0.15) is 0 Å². The number of likely N-dealkylation sites (tertiary alicyclic amines) is 1. The second-order valence-electron chi connectivity index (χ2n) is 7.85. The molecule has 0 bridgehead atoms. The fourth-order valence-electron chi connectivity index (χ4n) is 4.46. The Balaban J connectivity index is 1.46. The summed E-state index contributed by atoms with van der Waals surface area (Å²) in [6.07, 6.45) is 4.79. The van der Waals surface area contributed by atoms with Gasteiger partial charge in [0.15, 0.2) is 0 Å². The van der Waals surface area contributed by atoms with Crippen LogP contribution in [0.2, 0.25) is 0 Å². The van der Waals surface area contributed by atoms with Gasteiger partial charge in [-0.3, -0.25) is 14.4 Å². The highest BCUT2D eigenvalue weighted by Gasteiger charge is 2.44. The van der Waals surface area contributed by atoms with Crippen LogP contribution in [0.25, 0.3) is 0 Å². The summed E-state index contributed by atoms with van der Waals surface area (Å²) in [7, 11) is 0. The molecule has 2 aliphatic heterocycles. The van der Waals surface area contributed by atoms with Gasteiger partial charge in [0.25, 0.3) is 5.91 Å². The van der Waals surface area contributed by atoms with Crippen LogP contribution < -0.4 is 10.6 Å². The smallest absolute Gasteiger partial charge is 0.251 e. The second-order valence-corrected chi connectivity index (χ2v) is 7.85. The number of nitrogens with zero attached hydrogens (tertiary/aromatic N) is 1. The predicted octanol–water partition coefficient (Wildman–Crippen LogP) is 2.05. The third kappa shape index (κ3) is 2.87. The zero-order valence-electron chi connectivity index (χ0n) is 15.1. The van der Waals surface area contributed by atoms with Gasteiger partial charge in [-0.15, -0.1) is 0 Å². The van der Waals surface area contributed by atoms with E-state index in [4.69, 9.17) is 0 Å². The molecule has 3 amide bonds. The lowest BCUT2D eigenvalue weighted by Crippen LogP contribution is -2.50. The van der Waals surface area contributed by atoms with E-state index in [0.717, 1.165) is 24.9 Å². The third-order valence-electron chi connectivity index (χ3n) is 6.31. The Morgan fingerprint density at radius 2 is 1.96 bits per heavy atom. The Morgan fingerprint density at radius 3 is 2.58 bits per heavy atom. The molecular weight excluding hydrogens is 330 g/mol. The van der Waals surface area contributed by atoms with Crippen molar-refractivity contribution in [1.29, 1.82) is 0 Å². The maximum Gasteiger partial charge on any atom is 0.251 e. The summed E-state index contributed by atoms with van der Waals surface area (Å²) in [6, 6.07) is 5.74. The third-order valence-corrected chi connectivity index (χ3v) is 6.31. The van der Waals surface area contributed by atoms with Crippen molar-refractivity contribution >= 4 is 23.4 Å². The van der Waals surface area contributed by atoms with E-state index in [2.05, 4.69) is 10.6 Å². The molecule has 26 heavy (non-hydrogen) atoms. The molecule has 0 radical (unpaired) electrons. The van der Waals surface area contributed by atoms with Gasteiger partial charge in [-0.25, -0.2) is 0 Å². The molecule has 0 atom stereocenters. The zero-order chi connectivity index (χ0) is 18.3. The number of benzene rings is 1. The first-order chi connectivity index (χ1) is 12.5. The fraction of sp³-hybridized carbons (Fsp3) is 0.550. The average molecular weight is 355 g/mol. The molecule has 6 heteroatoms. The van der Waals surface area contributed by atoms with Crippen LogP contribution in [0.15, 0.2) is 18.2 Å². The molecule has 4 rings (SSSR count). The molecular formula is C20H25N3O3. The highest BCUT2D eigenvalue weighted by Crippen LogP contribution is 2.46. The van der Waals surface area contributed by atoms with Crippen LogP contribution in [0.1, 0.15) is 54.9 Å². The van der Waals surface area contributed by atoms with E-state index in [0.29, 0.717) is 37.2 Å². The zero-order valence-corrected chi connectivity index (χ0v) is 15.1. The second kappa shape index (κ2) is 6.41. The van der Waals surface area contributed by atoms with E-state index in [1.54, 1.807) is 11.8 Å². The van der Waals surface area contributed by atoms with Crippen LogP contribution in [0, 0.1) is 5.92 Å². The van der Waals surface area contributed by atoms with Crippen molar-refractivity contribution in [2.45, 2.75) is 44.4 Å². The summed E-state index contributed by atoms with van der Waals surface area (Å²) in [6.45, 7) is 3.54. The number of fused-ring (bicyclic) bond motifs is 2. The monoisotopic (exact) mass is 355 g/mol. The van der Waals surface area contributed by atoms with Gasteiger partial charge in [0, 0.05) is 49.1 Å². The number of hydrogen-bond acceptors (Lipinski definition) is 3. The normalized spacial score (nSPS) is 21.6. The van der Waals surface area contributed by atoms with E-state index in [-0.39, 0.29) is 29.1 Å². The van der Waals surface area contributed by atoms with Crippen molar-refractivity contribution in [3.8, 4) is 0 Å². The molecule has 2 fully saturated rings. The first-order valence-electron chi connectivity index (χ1n) is 9.48. The lowest BCUT2D eigenvalue weighted by Gasteiger charge is -2.46. The van der Waals surface area contributed by atoms with Crippen LogP contribution in [-0.2, 0) is 15.0 Å². The number of carbonyl (C=O) groups is 3. The van der Waals surface area contributed by atoms with E-state index >= 15 is 0 Å². The Kier molecular flexibility index (Phi) is 4.21. The molecule has 1 aliphatic carbocycles. The first kappa shape index (κ1) is 17.1. The molecule has 1 aromatic carbocycles. The van der Waals surface area contributed by atoms with Crippen LogP contribution in [0.4, 0.5) is 5.69 Å². The Bertz CT molecular complexity index is 762. The van der Waals surface area contributed by atoms with Crippen LogP contribution in [-0.4, -0.2) is 42.3 Å². The Labute approximate surface area is 153 Å². The van der Waals surface area contributed by atoms with Gasteiger partial charge in [-0.1, -0.05) is 12.5 Å². The maximum atomic E-state index is 12.6. The van der Waals surface area contributed by atoms with Gasteiger partial charge in [0.2, 0.25) is 11.8 Å². The molecule has 3 aliphatic rings. The van der Waals surface area contributed by atoms with Gasteiger partial charge < -0.3 is 15.5 Å². The lowest BCUT2D eigenvalue weighted by atomic mass is 9.62. The van der Waals surface area contributed by atoms with E-state index in [1.165, 1.54) is 6.42 Å². The summed E-state index contributed by atoms with van der Waals surface area (Å²) >= 11 is 0. The molecule has 1 saturated carbocycles. The van der Waals surface area contributed by atoms with Crippen molar-refractivity contribution in [2.75, 3.05) is 25.0 Å². The highest BCUT2D eigenvalue weighted by atomic mass is 16.2. The molecule has 1 spiro atoms. The number of nitrogens with one attached hydrogen (secondary N) is 2. The number of carbonyl (C=O) groups excluding carboxylic acids is 3. The summed E-state index contributed by atoms with van der Waals surface area (Å²) in [5.74, 6) is -0.103. The molecule has 1 aromatic rings. The van der Waals surface area contributed by atoms with Crippen LogP contribution >= 0.6 is 0 Å². The fourth-order valence-corrected chi connectivity index (χ4v) is 4.46. The molecule has 2 N–H and O–H groups in total. The Morgan fingerprint density at radius 1 is 1.23 bits per heavy atom. The van der Waals surface area contributed by atoms with E-state index in [1.807, 2.05) is 18.2 Å². The molecule has 1 saturated heterocycles. The van der Waals surface area contributed by atoms with Crippen molar-refractivity contribution in [1.82, 2.24) is 10.2 Å². The van der Waals surface area contributed by atoms with Crippen molar-refractivity contribution < 1.29 is 14.4 Å². The summed E-state index contributed by atoms with van der Waals surface area (Å²) in [5.41, 5.74) is 2.60. The van der Waals surface area contributed by atoms with E-state index in [9.17, 15) is 14.4 Å². The SMILES string of the molecule is CC(=O)N1CCC(C(=O)Nc2ccc3c(c2)C(=O)NCC32CCC2)CC1. The van der Waals surface area contributed by atoms with Crippen LogP contribution in [0.5, 0.6) is 0 Å². The van der Waals surface area contributed by atoms with E-state index < -0.39 is 0 Å². The van der Waals surface area contributed by atoms with Crippen molar-refractivity contribution in [3.63, 3.8) is 0 Å². The van der Waals surface area contributed by atoms with Gasteiger partial charge >= 0.3 is 0 Å². The van der Waals surface area contributed by atoms with Gasteiger partial charge in [0.1, 0.15) is 0 Å². The summed E-state index contributed by atoms with van der Waals surface area (Å²) in [5, 5.41) is 5.97. The minimum absolute atomic E-state index is 0.0253. The molecule has 0 unspecified atom stereocenters. The number of rotatable bonds is 2. The van der Waals surface area contributed by atoms with Gasteiger partial charge in [-0.05, 0) is 43.4 Å². The molecule has 138 valence electrons. The minimum atomic E-state index is -0.0894. The summed E-state index contributed by atoms with van der Waals surface area (Å²) < 4.78 is 0. The molecule has 6 nitrogen and oxygen atoms in total. The quantitative estimate of drug-likeness (QED) is 0.852. The van der Waals surface area contributed by atoms with Gasteiger partial charge in [0.05, 0.1) is 0 Å². The largest absolute Gasteiger partial charge is 0.351 e. The molecule has 2 heterocycles. The van der Waals surface area contributed by atoms with Crippen molar-refractivity contribution in [3.05, 3.63) is 29.3 Å². The maximum absolute atomic E-state index is 12.6. The average Bonchev–Trinajstić information content (AvgIpc) is 2.61. The predicted molar refractivity (Wildman–Crippen MR) is 97.9 cm³/mol. The molecule has 0 aromatic heterocycles. The standard InChI is InChI=1S/C20H25N3O3/c1-13(24)23-9-5-14(6-10-23)18(25)22-15-3-4-17-16(11-15)19(26)21-12-20(17)7-2-8-20/h3-4,11,14H,2,5-10,12H2,1H3,(H,21,26)(H,22,25). The highest BCUT2D eigenvalue weighted by molar-refractivity contribution is 6.00. The van der Waals surface area contributed by atoms with Crippen LogP contribution in [0.3, 0.4) is 0 Å². The lowest BCUT2D eigenvalue weighted by molar-refractivity contribution is -0.132. The van der Waals surface area contributed by atoms with Crippen molar-refractivity contribution in [2.24, 2.45) is 5.92 Å². The first-order valence-corrected chi connectivity index (χ1v) is 9.48. The number of anilines is 1. The minimum Gasteiger partial charge on any atom is -0.351 e.